The van der Waals surface area contributed by atoms with Crippen LogP contribution < -0.4 is 0 Å². The van der Waals surface area contributed by atoms with Gasteiger partial charge in [-0.3, -0.25) is 0 Å². The number of furan rings is 1. The quantitative estimate of drug-likeness (QED) is 0.446. The lowest BCUT2D eigenvalue weighted by Gasteiger charge is -2.12. The third kappa shape index (κ3) is 2.20. The van der Waals surface area contributed by atoms with Gasteiger partial charge in [0, 0.05) is 0 Å². The highest BCUT2D eigenvalue weighted by Gasteiger charge is 2.27. The van der Waals surface area contributed by atoms with Crippen LogP contribution in [0.25, 0.3) is 0 Å². The minimum atomic E-state index is -0.835. The van der Waals surface area contributed by atoms with E-state index >= 15 is 0 Å². The van der Waals surface area contributed by atoms with Crippen LogP contribution in [0.4, 0.5) is 0 Å². The Hall–Kier alpha value is -1.87. The first kappa shape index (κ1) is 12.2. The van der Waals surface area contributed by atoms with Gasteiger partial charge in [0.15, 0.2) is 0 Å². The monoisotopic (exact) mass is 223 g/mol. The Kier molecular flexibility index (Phi) is 3.30. The second kappa shape index (κ2) is 4.33. The summed E-state index contributed by atoms with van der Waals surface area (Å²) in [6.07, 6.45) is 1.48. The van der Waals surface area contributed by atoms with Crippen LogP contribution in [0.1, 0.15) is 35.7 Å². The van der Waals surface area contributed by atoms with Gasteiger partial charge in [0.2, 0.25) is 6.08 Å². The molecule has 1 aromatic rings. The summed E-state index contributed by atoms with van der Waals surface area (Å²) in [7, 11) is 1.29. The Morgan fingerprint density at radius 1 is 1.56 bits per heavy atom. The van der Waals surface area contributed by atoms with Crippen molar-refractivity contribution in [3.63, 3.8) is 0 Å². The van der Waals surface area contributed by atoms with E-state index in [9.17, 15) is 9.59 Å². The van der Waals surface area contributed by atoms with Crippen LogP contribution in [0.15, 0.2) is 15.5 Å². The van der Waals surface area contributed by atoms with Gasteiger partial charge in [-0.25, -0.2) is 9.59 Å². The number of isocyanates is 1. The number of rotatable bonds is 3. The van der Waals surface area contributed by atoms with E-state index in [1.165, 1.54) is 19.3 Å². The fraction of sp³-hybridized carbons (Fsp3) is 0.455. The maximum absolute atomic E-state index is 11.3. The first-order chi connectivity index (χ1) is 7.42. The molecule has 0 fully saturated rings. The predicted molar refractivity (Wildman–Crippen MR) is 55.9 cm³/mol. The Labute approximate surface area is 93.1 Å². The van der Waals surface area contributed by atoms with Gasteiger partial charge in [0.25, 0.3) is 0 Å². The van der Waals surface area contributed by atoms with Crippen molar-refractivity contribution in [2.24, 2.45) is 4.99 Å². The number of ether oxygens (including phenoxy) is 1. The van der Waals surface area contributed by atoms with Gasteiger partial charge in [0.05, 0.1) is 7.11 Å². The summed E-state index contributed by atoms with van der Waals surface area (Å²) in [6, 6.07) is 1.53. The molecule has 0 bridgehead atoms. The van der Waals surface area contributed by atoms with Gasteiger partial charge in [-0.2, -0.15) is 4.99 Å². The number of hydrogen-bond donors (Lipinski definition) is 0. The second-order valence-corrected chi connectivity index (χ2v) is 3.83. The highest BCUT2D eigenvalue weighted by atomic mass is 16.5. The molecule has 0 saturated carbocycles. The molecule has 1 heterocycles. The molecule has 0 aliphatic carbocycles. The molecule has 0 saturated heterocycles. The van der Waals surface area contributed by atoms with E-state index in [0.717, 1.165) is 0 Å². The summed E-state index contributed by atoms with van der Waals surface area (Å²) in [6.45, 7) is 5.03. The van der Waals surface area contributed by atoms with E-state index in [1.807, 2.05) is 0 Å². The molecule has 0 aliphatic heterocycles. The van der Waals surface area contributed by atoms with Gasteiger partial charge < -0.3 is 9.15 Å². The summed E-state index contributed by atoms with van der Waals surface area (Å²) in [5.41, 5.74) is -0.495. The van der Waals surface area contributed by atoms with Crippen molar-refractivity contribution in [1.82, 2.24) is 0 Å². The Morgan fingerprint density at radius 2 is 2.19 bits per heavy atom. The van der Waals surface area contributed by atoms with Crippen LogP contribution in [-0.2, 0) is 15.1 Å². The third-order valence-corrected chi connectivity index (χ3v) is 2.25. The van der Waals surface area contributed by atoms with Crippen molar-refractivity contribution in [3.8, 4) is 0 Å². The van der Waals surface area contributed by atoms with E-state index < -0.39 is 11.5 Å². The number of esters is 1. The van der Waals surface area contributed by atoms with E-state index in [1.54, 1.807) is 20.8 Å². The van der Waals surface area contributed by atoms with E-state index in [2.05, 4.69) is 9.73 Å². The van der Waals surface area contributed by atoms with E-state index in [-0.39, 0.29) is 0 Å². The van der Waals surface area contributed by atoms with Crippen molar-refractivity contribution >= 4 is 12.0 Å². The summed E-state index contributed by atoms with van der Waals surface area (Å²) >= 11 is 0. The Bertz CT molecular complexity index is 453. The molecule has 86 valence electrons. The number of aliphatic imine (C=N–C) groups is 1. The largest absolute Gasteiger partial charge is 0.465 e. The molecule has 5 heteroatoms. The molecule has 1 aromatic heterocycles. The molecule has 0 aliphatic rings. The van der Waals surface area contributed by atoms with E-state index in [4.69, 9.17) is 4.42 Å². The van der Waals surface area contributed by atoms with Gasteiger partial charge in [-0.15, -0.1) is 0 Å². The molecule has 16 heavy (non-hydrogen) atoms. The lowest BCUT2D eigenvalue weighted by atomic mass is 10.0. The fourth-order valence-corrected chi connectivity index (χ4v) is 1.27. The first-order valence-corrected chi connectivity index (χ1v) is 4.70. The molecule has 0 unspecified atom stereocenters. The normalized spacial score (nSPS) is 10.8. The number of nitrogens with zero attached hydrogens (tertiary/aromatic N) is 1. The van der Waals surface area contributed by atoms with Crippen LogP contribution in [0, 0.1) is 6.92 Å². The van der Waals surface area contributed by atoms with Crippen LogP contribution in [0.2, 0.25) is 0 Å². The standard InChI is InChI=1S/C11H13NO4/c1-7-8(10(14)15-4)5-9(16-7)11(2,3)12-6-13/h5H,1-4H3. The molecule has 5 nitrogen and oxygen atoms in total. The van der Waals surface area contributed by atoms with Gasteiger partial charge in [-0.05, 0) is 26.8 Å². The summed E-state index contributed by atoms with van der Waals surface area (Å²) in [5.74, 6) is 0.392. The highest BCUT2D eigenvalue weighted by Crippen LogP contribution is 2.28. The minimum absolute atomic E-state index is 0.340. The Morgan fingerprint density at radius 3 is 2.69 bits per heavy atom. The lowest BCUT2D eigenvalue weighted by molar-refractivity contribution is 0.0599. The first-order valence-electron chi connectivity index (χ1n) is 4.70. The van der Waals surface area contributed by atoms with Crippen molar-refractivity contribution < 1.29 is 18.7 Å². The van der Waals surface area contributed by atoms with Crippen LogP contribution >= 0.6 is 0 Å². The molecular weight excluding hydrogens is 210 g/mol. The van der Waals surface area contributed by atoms with Crippen molar-refractivity contribution in [1.29, 1.82) is 0 Å². The maximum Gasteiger partial charge on any atom is 0.341 e. The summed E-state index contributed by atoms with van der Waals surface area (Å²) in [5, 5.41) is 0. The molecule has 0 atom stereocenters. The van der Waals surface area contributed by atoms with Crippen molar-refractivity contribution in [3.05, 3.63) is 23.2 Å². The summed E-state index contributed by atoms with van der Waals surface area (Å²) < 4.78 is 9.98. The van der Waals surface area contributed by atoms with Gasteiger partial charge in [0.1, 0.15) is 22.6 Å². The predicted octanol–water partition coefficient (Wildman–Crippen LogP) is 1.95. The lowest BCUT2D eigenvalue weighted by Crippen LogP contribution is -2.12. The van der Waals surface area contributed by atoms with Crippen molar-refractivity contribution in [2.45, 2.75) is 26.3 Å². The average molecular weight is 223 g/mol. The van der Waals surface area contributed by atoms with Gasteiger partial charge in [-0.1, -0.05) is 0 Å². The Balaban J connectivity index is 3.19. The number of carbonyl (C=O) groups excluding carboxylic acids is 2. The number of hydrogen-bond acceptors (Lipinski definition) is 5. The fourth-order valence-electron chi connectivity index (χ4n) is 1.27. The maximum atomic E-state index is 11.3. The smallest absolute Gasteiger partial charge is 0.341 e. The number of methoxy groups -OCH3 is 1. The molecule has 0 radical (unpaired) electrons. The van der Waals surface area contributed by atoms with Crippen LogP contribution in [-0.4, -0.2) is 19.2 Å². The summed E-state index contributed by atoms with van der Waals surface area (Å²) in [4.78, 5) is 25.2. The average Bonchev–Trinajstić information content (AvgIpc) is 2.60. The minimum Gasteiger partial charge on any atom is -0.465 e. The highest BCUT2D eigenvalue weighted by molar-refractivity contribution is 5.90. The zero-order chi connectivity index (χ0) is 12.3. The topological polar surface area (TPSA) is 68.9 Å². The molecule has 0 spiro atoms. The van der Waals surface area contributed by atoms with Gasteiger partial charge >= 0.3 is 5.97 Å². The molecular formula is C11H13NO4. The SMILES string of the molecule is COC(=O)c1cc(C(C)(C)N=C=O)oc1C. The molecule has 1 rings (SSSR count). The zero-order valence-corrected chi connectivity index (χ0v) is 9.66. The second-order valence-electron chi connectivity index (χ2n) is 3.83. The molecule has 0 aromatic carbocycles. The van der Waals surface area contributed by atoms with Crippen LogP contribution in [0.3, 0.4) is 0 Å². The van der Waals surface area contributed by atoms with Crippen molar-refractivity contribution in [2.75, 3.05) is 7.11 Å². The van der Waals surface area contributed by atoms with E-state index in [0.29, 0.717) is 17.1 Å². The molecule has 0 N–H and O–H groups in total. The zero-order valence-electron chi connectivity index (χ0n) is 9.66. The number of aryl methyl sites for hydroxylation is 1. The van der Waals surface area contributed by atoms with Crippen LogP contribution in [0.5, 0.6) is 0 Å². The number of carbonyl (C=O) groups is 1. The molecule has 0 amide bonds. The third-order valence-electron chi connectivity index (χ3n) is 2.25.